The number of aromatic nitrogens is 2. The van der Waals surface area contributed by atoms with Gasteiger partial charge in [0.25, 0.3) is 0 Å². The number of nitrogens with two attached hydrogens (primary N) is 1. The molecule has 6 nitrogen and oxygen atoms in total. The van der Waals surface area contributed by atoms with E-state index in [0.717, 1.165) is 0 Å². The summed E-state index contributed by atoms with van der Waals surface area (Å²) in [5, 5.41) is 3.39. The number of hydrogen-bond donors (Lipinski definition) is 2. The largest absolute Gasteiger partial charge is 0.366 e. The van der Waals surface area contributed by atoms with E-state index in [0.29, 0.717) is 33.4 Å². The van der Waals surface area contributed by atoms with Gasteiger partial charge in [0.15, 0.2) is 5.13 Å². The highest BCUT2D eigenvalue weighted by molar-refractivity contribution is 7.15. The molecule has 1 aliphatic rings. The van der Waals surface area contributed by atoms with Crippen LogP contribution < -0.4 is 11.1 Å². The van der Waals surface area contributed by atoms with Crippen molar-refractivity contribution in [2.24, 2.45) is 5.73 Å². The van der Waals surface area contributed by atoms with Crippen molar-refractivity contribution < 1.29 is 14.0 Å². The second-order valence-electron chi connectivity index (χ2n) is 7.60. The number of benzene rings is 1. The number of amides is 2. The first-order valence-corrected chi connectivity index (χ1v) is 10.7. The van der Waals surface area contributed by atoms with E-state index in [1.807, 2.05) is 6.20 Å². The molecule has 8 heteroatoms. The van der Waals surface area contributed by atoms with Gasteiger partial charge < -0.3 is 11.1 Å². The monoisotopic (exact) mass is 436 g/mol. The first-order chi connectivity index (χ1) is 14.8. The topological polar surface area (TPSA) is 98.0 Å². The molecule has 0 bridgehead atoms. The van der Waals surface area contributed by atoms with Gasteiger partial charge in [0, 0.05) is 22.8 Å². The lowest BCUT2D eigenvalue weighted by atomic mass is 9.95. The molecular weight excluding hydrogens is 415 g/mol. The Hall–Kier alpha value is -3.39. The van der Waals surface area contributed by atoms with E-state index in [1.165, 1.54) is 47.4 Å². The first kappa shape index (κ1) is 20.9. The van der Waals surface area contributed by atoms with Crippen LogP contribution >= 0.6 is 11.3 Å². The fourth-order valence-electron chi connectivity index (χ4n) is 3.16. The number of carbonyl (C=O) groups excluding carboxylic acids is 2. The van der Waals surface area contributed by atoms with Crippen molar-refractivity contribution >= 4 is 33.9 Å². The molecule has 1 saturated carbocycles. The standard InChI is InChI=1S/C23H21FN4O2S/c1-12(22(30)28-23-27-11-20(31-23)14-3-4-14)16-7-17(9-18(24)8-16)15-5-6-19(26-10-15)13(2)21(25)29/h5-12,14H,2-4H2,1H3,(H2,25,29)(H,27,28,30). The smallest absolute Gasteiger partial charge is 0.250 e. The maximum absolute atomic E-state index is 14.3. The van der Waals surface area contributed by atoms with Crippen LogP contribution in [0.1, 0.15) is 47.7 Å². The summed E-state index contributed by atoms with van der Waals surface area (Å²) in [6.45, 7) is 5.32. The summed E-state index contributed by atoms with van der Waals surface area (Å²) in [5.41, 5.74) is 7.43. The molecule has 1 fully saturated rings. The van der Waals surface area contributed by atoms with Gasteiger partial charge in [0.1, 0.15) is 5.82 Å². The summed E-state index contributed by atoms with van der Waals surface area (Å²) in [5.74, 6) is -1.36. The molecular formula is C23H21FN4O2S. The zero-order valence-electron chi connectivity index (χ0n) is 16.9. The minimum Gasteiger partial charge on any atom is -0.366 e. The third kappa shape index (κ3) is 4.69. The number of halogens is 1. The number of anilines is 1. The van der Waals surface area contributed by atoms with E-state index in [9.17, 15) is 14.0 Å². The quantitative estimate of drug-likeness (QED) is 0.534. The predicted molar refractivity (Wildman–Crippen MR) is 119 cm³/mol. The number of primary amides is 1. The number of carbonyl (C=O) groups is 2. The Labute approximate surface area is 183 Å². The zero-order chi connectivity index (χ0) is 22.1. The molecule has 3 N–H and O–H groups in total. The first-order valence-electron chi connectivity index (χ1n) is 9.84. The number of nitrogens with zero attached hydrogens (tertiary/aromatic N) is 2. The van der Waals surface area contributed by atoms with E-state index < -0.39 is 17.6 Å². The molecule has 2 aromatic heterocycles. The molecule has 0 spiro atoms. The molecule has 1 aliphatic carbocycles. The van der Waals surface area contributed by atoms with Crippen molar-refractivity contribution in [2.75, 3.05) is 5.32 Å². The van der Waals surface area contributed by atoms with Crippen molar-refractivity contribution in [3.63, 3.8) is 0 Å². The minimum absolute atomic E-state index is 0.101. The van der Waals surface area contributed by atoms with E-state index in [2.05, 4.69) is 21.9 Å². The van der Waals surface area contributed by atoms with Crippen LogP contribution in [-0.2, 0) is 9.59 Å². The summed E-state index contributed by atoms with van der Waals surface area (Å²) in [6, 6.07) is 7.78. The van der Waals surface area contributed by atoms with E-state index in [4.69, 9.17) is 5.73 Å². The molecule has 1 atom stereocenters. The SMILES string of the molecule is C=C(C(N)=O)c1ccc(-c2cc(F)cc(C(C)C(=O)Nc3ncc(C4CC4)s3)c2)cn1. The van der Waals surface area contributed by atoms with Crippen molar-refractivity contribution in [1.29, 1.82) is 0 Å². The molecule has 2 heterocycles. The van der Waals surface area contributed by atoms with Gasteiger partial charge in [-0.15, -0.1) is 11.3 Å². The van der Waals surface area contributed by atoms with Gasteiger partial charge >= 0.3 is 0 Å². The van der Waals surface area contributed by atoms with E-state index in [-0.39, 0.29) is 11.5 Å². The summed E-state index contributed by atoms with van der Waals surface area (Å²) in [7, 11) is 0. The Morgan fingerprint density at radius 2 is 1.97 bits per heavy atom. The number of rotatable bonds is 7. The third-order valence-electron chi connectivity index (χ3n) is 5.25. The normalized spacial score (nSPS) is 14.1. The van der Waals surface area contributed by atoms with Gasteiger partial charge in [-0.25, -0.2) is 9.37 Å². The van der Waals surface area contributed by atoms with Crippen LogP contribution in [0.25, 0.3) is 16.7 Å². The minimum atomic E-state index is -0.655. The molecule has 1 aromatic carbocycles. The molecule has 0 aliphatic heterocycles. The van der Waals surface area contributed by atoms with Crippen LogP contribution in [0.3, 0.4) is 0 Å². The lowest BCUT2D eigenvalue weighted by Crippen LogP contribution is -2.19. The predicted octanol–water partition coefficient (Wildman–Crippen LogP) is 4.46. The highest BCUT2D eigenvalue weighted by atomic mass is 32.1. The molecule has 4 rings (SSSR count). The van der Waals surface area contributed by atoms with Crippen LogP contribution in [0, 0.1) is 5.82 Å². The van der Waals surface area contributed by atoms with Crippen molar-refractivity contribution in [3.05, 3.63) is 71.3 Å². The summed E-state index contributed by atoms with van der Waals surface area (Å²) < 4.78 is 14.3. The Balaban J connectivity index is 1.52. The average Bonchev–Trinajstić information content (AvgIpc) is 3.51. The molecule has 158 valence electrons. The molecule has 1 unspecified atom stereocenters. The lowest BCUT2D eigenvalue weighted by molar-refractivity contribution is -0.117. The molecule has 31 heavy (non-hydrogen) atoms. The fourth-order valence-corrected chi connectivity index (χ4v) is 4.15. The van der Waals surface area contributed by atoms with Gasteiger partial charge in [-0.1, -0.05) is 18.7 Å². The van der Waals surface area contributed by atoms with Crippen LogP contribution in [0.5, 0.6) is 0 Å². The molecule has 2 amide bonds. The Bertz CT molecular complexity index is 1170. The molecule has 0 radical (unpaired) electrons. The number of nitrogens with one attached hydrogen (secondary N) is 1. The van der Waals surface area contributed by atoms with Crippen molar-refractivity contribution in [3.8, 4) is 11.1 Å². The average molecular weight is 437 g/mol. The van der Waals surface area contributed by atoms with Crippen LogP contribution in [0.4, 0.5) is 9.52 Å². The second-order valence-corrected chi connectivity index (χ2v) is 8.66. The third-order valence-corrected chi connectivity index (χ3v) is 6.33. The van der Waals surface area contributed by atoms with Crippen LogP contribution in [0.2, 0.25) is 0 Å². The van der Waals surface area contributed by atoms with E-state index in [1.54, 1.807) is 25.1 Å². The van der Waals surface area contributed by atoms with Gasteiger partial charge in [0.2, 0.25) is 11.8 Å². The van der Waals surface area contributed by atoms with Gasteiger partial charge in [0.05, 0.1) is 17.2 Å². The highest BCUT2D eigenvalue weighted by Gasteiger charge is 2.26. The van der Waals surface area contributed by atoms with Gasteiger partial charge in [-0.3, -0.25) is 14.6 Å². The summed E-state index contributed by atoms with van der Waals surface area (Å²) in [4.78, 5) is 33.6. The molecule has 0 saturated heterocycles. The summed E-state index contributed by atoms with van der Waals surface area (Å²) in [6.07, 6.45) is 5.67. The van der Waals surface area contributed by atoms with Crippen molar-refractivity contribution in [1.82, 2.24) is 9.97 Å². The van der Waals surface area contributed by atoms with Gasteiger partial charge in [-0.2, -0.15) is 0 Å². The second kappa shape index (κ2) is 8.39. The summed E-state index contributed by atoms with van der Waals surface area (Å²) >= 11 is 1.49. The number of thiazole rings is 1. The lowest BCUT2D eigenvalue weighted by Gasteiger charge is -2.13. The number of hydrogen-bond acceptors (Lipinski definition) is 5. The Kier molecular flexibility index (Phi) is 5.65. The zero-order valence-corrected chi connectivity index (χ0v) is 17.7. The number of pyridine rings is 1. The Morgan fingerprint density at radius 1 is 1.19 bits per heavy atom. The van der Waals surface area contributed by atoms with Gasteiger partial charge in [-0.05, 0) is 55.0 Å². The molecule has 3 aromatic rings. The Morgan fingerprint density at radius 3 is 2.61 bits per heavy atom. The van der Waals surface area contributed by atoms with Crippen molar-refractivity contribution in [2.45, 2.75) is 31.6 Å². The maximum Gasteiger partial charge on any atom is 0.250 e. The van der Waals surface area contributed by atoms with E-state index >= 15 is 0 Å². The maximum atomic E-state index is 14.3. The van der Waals surface area contributed by atoms with Crippen LogP contribution in [-0.4, -0.2) is 21.8 Å². The highest BCUT2D eigenvalue weighted by Crippen LogP contribution is 2.43. The van der Waals surface area contributed by atoms with Crippen LogP contribution in [0.15, 0.2) is 49.3 Å². The fraction of sp³-hybridized carbons (Fsp3) is 0.217.